The minimum absolute atomic E-state index is 0.165. The summed E-state index contributed by atoms with van der Waals surface area (Å²) in [6.45, 7) is 2.26. The molecule has 2 unspecified atom stereocenters. The molecule has 1 heterocycles. The SMILES string of the molecule is B[PH]1(c2ccccc2)OC(c2ccccc2)C(C)N1C. The molecule has 2 aromatic carbocycles. The number of nitrogens with zero attached hydrogens (tertiary/aromatic N) is 1. The predicted molar refractivity (Wildman–Crippen MR) is 90.4 cm³/mol. The van der Waals surface area contributed by atoms with Crippen molar-refractivity contribution < 1.29 is 4.52 Å². The fraction of sp³-hybridized carbons (Fsp3) is 0.250. The van der Waals surface area contributed by atoms with Crippen LogP contribution in [0.25, 0.3) is 0 Å². The van der Waals surface area contributed by atoms with Crippen molar-refractivity contribution in [2.45, 2.75) is 19.1 Å². The molecule has 0 amide bonds. The van der Waals surface area contributed by atoms with Gasteiger partial charge < -0.3 is 0 Å². The van der Waals surface area contributed by atoms with Crippen molar-refractivity contribution in [1.82, 2.24) is 4.67 Å². The molecule has 1 fully saturated rings. The number of hydrogen-bond acceptors (Lipinski definition) is 2. The zero-order chi connectivity index (χ0) is 14.2. The van der Waals surface area contributed by atoms with Crippen LogP contribution in [0.2, 0.25) is 0 Å². The summed E-state index contributed by atoms with van der Waals surface area (Å²) in [4.78, 5) is 0. The van der Waals surface area contributed by atoms with Crippen molar-refractivity contribution >= 4 is 20.4 Å². The van der Waals surface area contributed by atoms with Crippen LogP contribution in [0.1, 0.15) is 18.6 Å². The van der Waals surface area contributed by atoms with E-state index in [4.69, 9.17) is 4.52 Å². The summed E-state index contributed by atoms with van der Waals surface area (Å²) in [6.07, 6.45) is 0.165. The van der Waals surface area contributed by atoms with E-state index in [-0.39, 0.29) is 6.10 Å². The first-order valence-corrected chi connectivity index (χ1v) is 9.50. The standard InChI is InChI=1S/C16H21BNOP/c1-13-16(14-9-5-3-6-10-14)19-20(17,18(13)2)15-11-7-4-8-12-15/h3-13,16,20H,17H2,1-2H3. The molecule has 0 N–H and O–H groups in total. The van der Waals surface area contributed by atoms with Gasteiger partial charge in [-0.2, -0.15) is 0 Å². The van der Waals surface area contributed by atoms with E-state index < -0.39 is 7.52 Å². The van der Waals surface area contributed by atoms with E-state index in [9.17, 15) is 0 Å². The van der Waals surface area contributed by atoms with Crippen LogP contribution in [0, 0.1) is 0 Å². The molecule has 104 valence electrons. The van der Waals surface area contributed by atoms with E-state index in [2.05, 4.69) is 86.9 Å². The summed E-state index contributed by atoms with van der Waals surface area (Å²) in [6, 6.07) is 21.6. The van der Waals surface area contributed by atoms with Gasteiger partial charge in [0.1, 0.15) is 0 Å². The fourth-order valence-corrected chi connectivity index (χ4v) is 6.29. The topological polar surface area (TPSA) is 12.5 Å². The zero-order valence-electron chi connectivity index (χ0n) is 12.3. The Balaban J connectivity index is 1.97. The molecule has 0 aromatic heterocycles. The van der Waals surface area contributed by atoms with Crippen molar-refractivity contribution in [2.24, 2.45) is 0 Å². The molecule has 2 nitrogen and oxygen atoms in total. The Morgan fingerprint density at radius 2 is 1.55 bits per heavy atom. The van der Waals surface area contributed by atoms with Gasteiger partial charge in [-0.05, 0) is 0 Å². The Morgan fingerprint density at radius 3 is 2.15 bits per heavy atom. The van der Waals surface area contributed by atoms with Gasteiger partial charge in [-0.25, -0.2) is 0 Å². The Hall–Kier alpha value is -1.15. The molecule has 1 aliphatic heterocycles. The van der Waals surface area contributed by atoms with E-state index >= 15 is 0 Å². The molecule has 1 aliphatic rings. The van der Waals surface area contributed by atoms with Gasteiger partial charge in [0.25, 0.3) is 0 Å². The summed E-state index contributed by atoms with van der Waals surface area (Å²) >= 11 is 0. The number of hydrogen-bond donors (Lipinski definition) is 0. The maximum atomic E-state index is 6.61. The van der Waals surface area contributed by atoms with E-state index in [1.807, 2.05) is 0 Å². The Labute approximate surface area is 122 Å². The van der Waals surface area contributed by atoms with Gasteiger partial charge in [0.2, 0.25) is 0 Å². The third kappa shape index (κ3) is 2.20. The molecule has 0 aliphatic carbocycles. The maximum absolute atomic E-state index is 6.61. The Kier molecular flexibility index (Phi) is 3.68. The molecule has 0 radical (unpaired) electrons. The van der Waals surface area contributed by atoms with E-state index in [0.717, 1.165) is 0 Å². The van der Waals surface area contributed by atoms with Crippen molar-refractivity contribution in [3.05, 3.63) is 66.2 Å². The average molecular weight is 285 g/mol. The van der Waals surface area contributed by atoms with E-state index in [1.54, 1.807) is 0 Å². The first kappa shape index (κ1) is 13.8. The molecule has 20 heavy (non-hydrogen) atoms. The van der Waals surface area contributed by atoms with Crippen LogP contribution in [-0.2, 0) is 4.52 Å². The van der Waals surface area contributed by atoms with E-state index in [0.29, 0.717) is 6.04 Å². The molecular weight excluding hydrogens is 264 g/mol. The first-order valence-electron chi connectivity index (χ1n) is 7.14. The van der Waals surface area contributed by atoms with Crippen molar-refractivity contribution in [3.8, 4) is 0 Å². The molecule has 0 bridgehead atoms. The van der Waals surface area contributed by atoms with Crippen LogP contribution < -0.4 is 5.30 Å². The predicted octanol–water partition coefficient (Wildman–Crippen LogP) is 2.53. The third-order valence-electron chi connectivity index (χ3n) is 4.52. The number of likely N-dealkylation sites (N-methyl/N-ethyl adjacent to an activating group) is 1. The fourth-order valence-electron chi connectivity index (χ4n) is 3.03. The van der Waals surface area contributed by atoms with Gasteiger partial charge in [0, 0.05) is 0 Å². The molecule has 4 heteroatoms. The van der Waals surface area contributed by atoms with Crippen LogP contribution in [0.15, 0.2) is 60.7 Å². The summed E-state index contributed by atoms with van der Waals surface area (Å²) < 4.78 is 9.07. The average Bonchev–Trinajstić information content (AvgIpc) is 2.75. The monoisotopic (exact) mass is 285 g/mol. The van der Waals surface area contributed by atoms with Gasteiger partial charge in [-0.1, -0.05) is 0 Å². The van der Waals surface area contributed by atoms with Gasteiger partial charge in [0.15, 0.2) is 0 Å². The van der Waals surface area contributed by atoms with Gasteiger partial charge >= 0.3 is 122 Å². The molecular formula is C16H21BNOP. The van der Waals surface area contributed by atoms with Crippen molar-refractivity contribution in [1.29, 1.82) is 0 Å². The van der Waals surface area contributed by atoms with Crippen LogP contribution >= 0.6 is 7.52 Å². The Bertz CT molecular complexity index is 580. The minimum atomic E-state index is -2.04. The molecule has 2 atom stereocenters. The van der Waals surface area contributed by atoms with Crippen LogP contribution in [0.3, 0.4) is 0 Å². The van der Waals surface area contributed by atoms with Crippen LogP contribution in [0.4, 0.5) is 0 Å². The van der Waals surface area contributed by atoms with Crippen LogP contribution in [-0.4, -0.2) is 25.3 Å². The third-order valence-corrected chi connectivity index (χ3v) is 8.39. The quantitative estimate of drug-likeness (QED) is 0.621. The number of rotatable bonds is 2. The molecule has 3 rings (SSSR count). The summed E-state index contributed by atoms with van der Waals surface area (Å²) in [5.41, 5.74) is 1.28. The van der Waals surface area contributed by atoms with Crippen molar-refractivity contribution in [3.63, 3.8) is 0 Å². The van der Waals surface area contributed by atoms with Gasteiger partial charge in [-0.3, -0.25) is 0 Å². The second-order valence-corrected chi connectivity index (χ2v) is 9.13. The summed E-state index contributed by atoms with van der Waals surface area (Å²) in [7, 11) is 2.45. The molecule has 0 saturated carbocycles. The first-order chi connectivity index (χ1) is 9.63. The summed E-state index contributed by atoms with van der Waals surface area (Å²) in [5, 5.41) is 1.34. The second kappa shape index (κ2) is 5.33. The Morgan fingerprint density at radius 1 is 1.00 bits per heavy atom. The van der Waals surface area contributed by atoms with Crippen LogP contribution in [0.5, 0.6) is 0 Å². The molecule has 0 spiro atoms. The van der Waals surface area contributed by atoms with Gasteiger partial charge in [0.05, 0.1) is 0 Å². The van der Waals surface area contributed by atoms with Crippen molar-refractivity contribution in [2.75, 3.05) is 7.05 Å². The normalized spacial score (nSPS) is 27.3. The number of benzene rings is 2. The second-order valence-electron chi connectivity index (χ2n) is 5.65. The molecule has 2 aromatic rings. The van der Waals surface area contributed by atoms with E-state index in [1.165, 1.54) is 10.9 Å². The zero-order valence-corrected chi connectivity index (χ0v) is 13.3. The summed E-state index contributed by atoms with van der Waals surface area (Å²) in [5.74, 6) is 0. The van der Waals surface area contributed by atoms with Gasteiger partial charge in [-0.15, -0.1) is 0 Å². The molecule has 1 saturated heterocycles.